The first kappa shape index (κ1) is 10.7. The molecule has 2 heteroatoms. The highest BCUT2D eigenvalue weighted by Crippen LogP contribution is 2.01. The second kappa shape index (κ2) is 5.29. The number of piperazine rings is 1. The standard InChI is InChI=1S/C13H20N2/c1-14-9-11-15(12-10-14)8-7-13-5-3-2-4-6-13/h2-6,14H,1,7-12H2. The molecule has 1 heterocycles. The minimum absolute atomic E-state index is 1.17. The molecule has 0 unspecified atom stereocenters. The molecule has 2 nitrogen and oxygen atoms in total. The van der Waals surface area contributed by atoms with E-state index in [0.717, 1.165) is 0 Å². The van der Waals surface area contributed by atoms with Crippen molar-refractivity contribution in [3.05, 3.63) is 42.9 Å². The smallest absolute Gasteiger partial charge is 0.0660 e. The van der Waals surface area contributed by atoms with Crippen molar-refractivity contribution in [1.82, 2.24) is 4.90 Å². The lowest BCUT2D eigenvalue weighted by Crippen LogP contribution is -3.10. The second-order valence-corrected chi connectivity index (χ2v) is 4.33. The van der Waals surface area contributed by atoms with Crippen LogP contribution in [0.1, 0.15) is 5.56 Å². The van der Waals surface area contributed by atoms with Gasteiger partial charge in [-0.1, -0.05) is 30.3 Å². The van der Waals surface area contributed by atoms with Gasteiger partial charge in [-0.05, 0) is 12.0 Å². The molecule has 0 atom stereocenters. The predicted molar refractivity (Wildman–Crippen MR) is 62.6 cm³/mol. The summed E-state index contributed by atoms with van der Waals surface area (Å²) < 4.78 is 0. The van der Waals surface area contributed by atoms with E-state index >= 15 is 0 Å². The van der Waals surface area contributed by atoms with Crippen LogP contribution < -0.4 is 4.90 Å². The minimum atomic E-state index is 1.17. The topological polar surface area (TPSA) is 7.68 Å². The average Bonchev–Trinajstić information content (AvgIpc) is 2.30. The van der Waals surface area contributed by atoms with Gasteiger partial charge in [0.2, 0.25) is 0 Å². The summed E-state index contributed by atoms with van der Waals surface area (Å²) in [7, 11) is 4.04. The Morgan fingerprint density at radius 2 is 1.80 bits per heavy atom. The van der Waals surface area contributed by atoms with Crippen LogP contribution in [0.5, 0.6) is 0 Å². The second-order valence-electron chi connectivity index (χ2n) is 4.33. The van der Waals surface area contributed by atoms with Crippen molar-refractivity contribution in [3.63, 3.8) is 0 Å². The van der Waals surface area contributed by atoms with Gasteiger partial charge < -0.3 is 4.90 Å². The van der Waals surface area contributed by atoms with Crippen molar-refractivity contribution >= 4 is 0 Å². The van der Waals surface area contributed by atoms with Crippen LogP contribution >= 0.6 is 0 Å². The van der Waals surface area contributed by atoms with Crippen molar-refractivity contribution in [1.29, 1.82) is 0 Å². The van der Waals surface area contributed by atoms with E-state index in [1.807, 2.05) is 0 Å². The molecule has 1 fully saturated rings. The number of quaternary nitrogens is 1. The fourth-order valence-corrected chi connectivity index (χ4v) is 2.02. The van der Waals surface area contributed by atoms with Crippen LogP contribution in [0, 0.1) is 7.05 Å². The zero-order valence-electron chi connectivity index (χ0n) is 9.28. The molecule has 1 saturated heterocycles. The van der Waals surface area contributed by atoms with E-state index < -0.39 is 0 Å². The lowest BCUT2D eigenvalue weighted by atomic mass is 10.1. The van der Waals surface area contributed by atoms with Gasteiger partial charge in [0.05, 0.1) is 13.1 Å². The summed E-state index contributed by atoms with van der Waals surface area (Å²) in [5, 5.41) is 0. The maximum atomic E-state index is 4.04. The van der Waals surface area contributed by atoms with Crippen LogP contribution in [-0.2, 0) is 6.42 Å². The molecule has 1 N–H and O–H groups in total. The van der Waals surface area contributed by atoms with Crippen molar-refractivity contribution < 1.29 is 4.90 Å². The molecule has 0 aromatic heterocycles. The van der Waals surface area contributed by atoms with Crippen molar-refractivity contribution in [2.24, 2.45) is 0 Å². The summed E-state index contributed by atoms with van der Waals surface area (Å²) in [5.41, 5.74) is 1.45. The first-order chi connectivity index (χ1) is 7.34. The summed E-state index contributed by atoms with van der Waals surface area (Å²) in [5.74, 6) is 0. The number of hydrogen-bond acceptors (Lipinski definition) is 1. The number of hydrogen-bond donors (Lipinski definition) is 1. The van der Waals surface area contributed by atoms with Crippen molar-refractivity contribution in [2.75, 3.05) is 32.7 Å². The Hall–Kier alpha value is -0.860. The van der Waals surface area contributed by atoms with Gasteiger partial charge in [-0.25, -0.2) is 0 Å². The summed E-state index contributed by atoms with van der Waals surface area (Å²) in [6, 6.07) is 10.7. The molecule has 0 aliphatic carbocycles. The van der Waals surface area contributed by atoms with Gasteiger partial charge in [0, 0.05) is 19.6 Å². The Morgan fingerprint density at radius 1 is 1.13 bits per heavy atom. The number of rotatable bonds is 3. The molecule has 0 saturated carbocycles. The van der Waals surface area contributed by atoms with Crippen LogP contribution in [0.3, 0.4) is 0 Å². The van der Waals surface area contributed by atoms with E-state index in [2.05, 4.69) is 42.3 Å². The van der Waals surface area contributed by atoms with Gasteiger partial charge in [0.15, 0.2) is 0 Å². The van der Waals surface area contributed by atoms with Crippen LogP contribution in [0.2, 0.25) is 0 Å². The number of nitrogens with one attached hydrogen (secondary N) is 1. The third kappa shape index (κ3) is 3.33. The Bertz CT molecular complexity index is 276. The van der Waals surface area contributed by atoms with Gasteiger partial charge in [-0.15, -0.1) is 0 Å². The van der Waals surface area contributed by atoms with Gasteiger partial charge in [0.1, 0.15) is 0 Å². The first-order valence-corrected chi connectivity index (χ1v) is 5.77. The molecule has 0 radical (unpaired) electrons. The van der Waals surface area contributed by atoms with Gasteiger partial charge in [-0.2, -0.15) is 7.05 Å². The molecular formula is C13H20N2. The normalized spacial score (nSPS) is 19.3. The molecular weight excluding hydrogens is 184 g/mol. The number of nitrogens with zero attached hydrogens (tertiary/aromatic N) is 1. The quantitative estimate of drug-likeness (QED) is 0.692. The molecule has 1 aromatic rings. The molecule has 1 aliphatic heterocycles. The largest absolute Gasteiger partial charge is 0.466 e. The molecule has 15 heavy (non-hydrogen) atoms. The molecule has 0 bridgehead atoms. The van der Waals surface area contributed by atoms with Crippen LogP contribution in [-0.4, -0.2) is 37.6 Å². The fraction of sp³-hybridized carbons (Fsp3) is 0.462. The van der Waals surface area contributed by atoms with Crippen LogP contribution in [0.15, 0.2) is 30.3 Å². The minimum Gasteiger partial charge on any atom is -0.466 e. The highest BCUT2D eigenvalue weighted by atomic mass is 15.2. The lowest BCUT2D eigenvalue weighted by Gasteiger charge is -2.33. The van der Waals surface area contributed by atoms with Gasteiger partial charge in [-0.3, -0.25) is 4.90 Å². The predicted octanol–water partition coefficient (Wildman–Crippen LogP) is 0.221. The first-order valence-electron chi connectivity index (χ1n) is 5.77. The number of benzene rings is 1. The third-order valence-electron chi connectivity index (χ3n) is 3.12. The third-order valence-corrected chi connectivity index (χ3v) is 3.12. The highest BCUT2D eigenvalue weighted by molar-refractivity contribution is 5.14. The fourth-order valence-electron chi connectivity index (χ4n) is 2.02. The lowest BCUT2D eigenvalue weighted by molar-refractivity contribution is -0.858. The SMILES string of the molecule is [CH2-][NH+]1CCN(CCc2ccccc2)CC1. The Labute approximate surface area is 92.5 Å². The van der Waals surface area contributed by atoms with Crippen molar-refractivity contribution in [2.45, 2.75) is 6.42 Å². The molecule has 0 spiro atoms. The van der Waals surface area contributed by atoms with E-state index in [9.17, 15) is 0 Å². The highest BCUT2D eigenvalue weighted by Gasteiger charge is 2.12. The van der Waals surface area contributed by atoms with E-state index in [-0.39, 0.29) is 0 Å². The Kier molecular flexibility index (Phi) is 3.75. The van der Waals surface area contributed by atoms with E-state index in [0.29, 0.717) is 0 Å². The maximum absolute atomic E-state index is 4.04. The molecule has 1 aromatic carbocycles. The summed E-state index contributed by atoms with van der Waals surface area (Å²) in [6.45, 7) is 5.97. The molecule has 82 valence electrons. The molecule has 1 aliphatic rings. The average molecular weight is 204 g/mol. The zero-order valence-corrected chi connectivity index (χ0v) is 9.28. The van der Waals surface area contributed by atoms with Crippen LogP contribution in [0.25, 0.3) is 0 Å². The molecule has 2 rings (SSSR count). The van der Waals surface area contributed by atoms with E-state index in [1.54, 1.807) is 0 Å². The van der Waals surface area contributed by atoms with Crippen LogP contribution in [0.4, 0.5) is 0 Å². The maximum Gasteiger partial charge on any atom is 0.0660 e. The summed E-state index contributed by atoms with van der Waals surface area (Å²) in [4.78, 5) is 3.97. The molecule has 0 amide bonds. The van der Waals surface area contributed by atoms with E-state index in [1.165, 1.54) is 49.6 Å². The van der Waals surface area contributed by atoms with Gasteiger partial charge in [0.25, 0.3) is 0 Å². The summed E-state index contributed by atoms with van der Waals surface area (Å²) in [6.07, 6.45) is 1.17. The Balaban J connectivity index is 1.74. The van der Waals surface area contributed by atoms with E-state index in [4.69, 9.17) is 0 Å². The Morgan fingerprint density at radius 3 is 2.47 bits per heavy atom. The monoisotopic (exact) mass is 204 g/mol. The zero-order chi connectivity index (χ0) is 10.5. The van der Waals surface area contributed by atoms with Crippen molar-refractivity contribution in [3.8, 4) is 0 Å². The van der Waals surface area contributed by atoms with Gasteiger partial charge >= 0.3 is 0 Å². The summed E-state index contributed by atoms with van der Waals surface area (Å²) >= 11 is 0.